The van der Waals surface area contributed by atoms with Crippen molar-refractivity contribution in [1.29, 1.82) is 0 Å². The molecule has 0 spiro atoms. The van der Waals surface area contributed by atoms with Crippen LogP contribution in [0.4, 0.5) is 8.78 Å². The van der Waals surface area contributed by atoms with Gasteiger partial charge >= 0.3 is 0 Å². The van der Waals surface area contributed by atoms with Gasteiger partial charge in [-0.1, -0.05) is 145 Å². The highest BCUT2D eigenvalue weighted by Gasteiger charge is 1.97. The molecule has 0 radical (unpaired) electrons. The lowest BCUT2D eigenvalue weighted by Gasteiger charge is -2.03. The summed E-state index contributed by atoms with van der Waals surface area (Å²) in [6, 6.07) is 52.2. The molecule has 348 valence electrons. The molecule has 7 rings (SSSR count). The fourth-order valence-corrected chi connectivity index (χ4v) is 5.55. The van der Waals surface area contributed by atoms with Gasteiger partial charge in [-0.15, -0.1) is 0 Å². The standard InChI is InChI=1S/2C8H11NO.2C8H11N.C7H8ClN.2C7H8FN/c1-10-8-4-2-3-7(5-8)6-9;1-10-8-5-3-2-4-7(8)6-9;1-7-3-2-4-8(5-7)6-9;1-7-4-2-3-5-8(7)6-9;8-7-4-2-1-3-6(7)5-9;8-7-3-1-2-6(4-7)5-9;8-7-4-2-1-3-6(7)5-9/h2*2-5H,6,9H2,1H3;2*2-5H,6,9H2,1H3;3*1-4H,5,9H2. The molecule has 0 aliphatic heterocycles. The fourth-order valence-electron chi connectivity index (χ4n) is 5.34. The summed E-state index contributed by atoms with van der Waals surface area (Å²) in [4.78, 5) is 0. The third-order valence-electron chi connectivity index (χ3n) is 9.06. The Morgan fingerprint density at radius 1 is 0.415 bits per heavy atom. The highest BCUT2D eigenvalue weighted by Crippen LogP contribution is 2.16. The first kappa shape index (κ1) is 57.0. The quantitative estimate of drug-likeness (QED) is 0.0737. The number of ether oxygens (including phenoxy) is 2. The van der Waals surface area contributed by atoms with Crippen molar-refractivity contribution >= 4 is 11.6 Å². The Bertz CT molecular complexity index is 2120. The van der Waals surface area contributed by atoms with Crippen LogP contribution in [-0.4, -0.2) is 14.2 Å². The first-order chi connectivity index (χ1) is 31.4. The van der Waals surface area contributed by atoms with Gasteiger partial charge in [0.25, 0.3) is 0 Å². The van der Waals surface area contributed by atoms with Gasteiger partial charge in [0.05, 0.1) is 14.2 Å². The molecule has 0 fully saturated rings. The number of hydrogen-bond donors (Lipinski definition) is 7. The highest BCUT2D eigenvalue weighted by atomic mass is 35.5. The Morgan fingerprint density at radius 3 is 1.28 bits per heavy atom. The number of methoxy groups -OCH3 is 2. The first-order valence-corrected chi connectivity index (χ1v) is 21.3. The molecule has 0 unspecified atom stereocenters. The second-order valence-corrected chi connectivity index (χ2v) is 14.2. The topological polar surface area (TPSA) is 201 Å². The molecule has 0 saturated heterocycles. The van der Waals surface area contributed by atoms with E-state index in [0.29, 0.717) is 44.8 Å². The smallest absolute Gasteiger partial charge is 0.127 e. The minimum absolute atomic E-state index is 0.222. The maximum absolute atomic E-state index is 12.5. The zero-order chi connectivity index (χ0) is 48.2. The first-order valence-electron chi connectivity index (χ1n) is 20.9. The van der Waals surface area contributed by atoms with Crippen molar-refractivity contribution in [3.05, 3.63) is 237 Å². The van der Waals surface area contributed by atoms with E-state index < -0.39 is 0 Å². The highest BCUT2D eigenvalue weighted by molar-refractivity contribution is 6.31. The number of aryl methyl sites for hydroxylation is 2. The third kappa shape index (κ3) is 24.6. The molecule has 9 nitrogen and oxygen atoms in total. The maximum atomic E-state index is 12.5. The molecule has 0 aliphatic rings. The maximum Gasteiger partial charge on any atom is 0.127 e. The Balaban J connectivity index is 0.000000379. The van der Waals surface area contributed by atoms with E-state index in [9.17, 15) is 8.78 Å². The molecule has 0 saturated carbocycles. The fraction of sp³-hybridized carbons (Fsp3) is 0.208. The van der Waals surface area contributed by atoms with Gasteiger partial charge in [-0.2, -0.15) is 0 Å². The van der Waals surface area contributed by atoms with Crippen molar-refractivity contribution in [3.63, 3.8) is 0 Å². The SMILES string of the molecule is COc1cccc(CN)c1.COc1ccccc1CN.Cc1cccc(CN)c1.Cc1ccccc1CN.NCc1cccc(F)c1.NCc1ccccc1Cl.NCc1ccccc1F. The summed E-state index contributed by atoms with van der Waals surface area (Å²) in [5.41, 5.74) is 47.1. The van der Waals surface area contributed by atoms with Crippen LogP contribution in [0.2, 0.25) is 5.02 Å². The average molecular weight is 909 g/mol. The van der Waals surface area contributed by atoms with E-state index in [1.165, 1.54) is 40.5 Å². The predicted octanol–water partition coefficient (Wildman–Crippen LogP) is 9.58. The number of rotatable bonds is 9. The summed E-state index contributed by atoms with van der Waals surface area (Å²) in [6.07, 6.45) is 0. The number of halogens is 3. The van der Waals surface area contributed by atoms with Crippen LogP contribution in [0.15, 0.2) is 170 Å². The Morgan fingerprint density at radius 2 is 0.877 bits per heavy atom. The molecule has 0 amide bonds. The van der Waals surface area contributed by atoms with Crippen molar-refractivity contribution in [1.82, 2.24) is 0 Å². The second-order valence-electron chi connectivity index (χ2n) is 13.8. The van der Waals surface area contributed by atoms with Crippen LogP contribution < -0.4 is 49.6 Å². The molecular weight excluding hydrogens is 840 g/mol. The number of nitrogens with two attached hydrogens (primary N) is 7. The summed E-state index contributed by atoms with van der Waals surface area (Å²) in [7, 11) is 3.30. The van der Waals surface area contributed by atoms with Crippen molar-refractivity contribution in [2.24, 2.45) is 40.1 Å². The lowest BCUT2D eigenvalue weighted by Crippen LogP contribution is -1.98. The monoisotopic (exact) mass is 908 g/mol. The van der Waals surface area contributed by atoms with Gasteiger partial charge in [-0.05, 0) is 89.7 Å². The van der Waals surface area contributed by atoms with Crippen LogP contribution in [-0.2, 0) is 45.8 Å². The van der Waals surface area contributed by atoms with Gasteiger partial charge in [-0.3, -0.25) is 0 Å². The van der Waals surface area contributed by atoms with E-state index in [-0.39, 0.29) is 18.2 Å². The average Bonchev–Trinajstić information content (AvgIpc) is 3.35. The Hall–Kier alpha value is -5.99. The normalized spacial score (nSPS) is 9.51. The van der Waals surface area contributed by atoms with Crippen molar-refractivity contribution in [2.75, 3.05) is 14.2 Å². The van der Waals surface area contributed by atoms with E-state index in [2.05, 4.69) is 38.1 Å². The van der Waals surface area contributed by atoms with Crippen LogP contribution in [0, 0.1) is 25.5 Å². The number of hydrogen-bond acceptors (Lipinski definition) is 9. The van der Waals surface area contributed by atoms with Crippen molar-refractivity contribution in [2.45, 2.75) is 59.7 Å². The zero-order valence-electron chi connectivity index (χ0n) is 38.1. The Labute approximate surface area is 390 Å². The number of benzene rings is 7. The molecule has 0 aliphatic carbocycles. The molecule has 12 heteroatoms. The van der Waals surface area contributed by atoms with Gasteiger partial charge in [0.1, 0.15) is 23.1 Å². The molecule has 7 aromatic carbocycles. The summed E-state index contributed by atoms with van der Waals surface area (Å²) in [6.45, 7) is 7.71. The molecule has 65 heavy (non-hydrogen) atoms. The van der Waals surface area contributed by atoms with Crippen molar-refractivity contribution < 1.29 is 18.3 Å². The van der Waals surface area contributed by atoms with Crippen LogP contribution in [0.5, 0.6) is 11.5 Å². The van der Waals surface area contributed by atoms with Crippen LogP contribution in [0.25, 0.3) is 0 Å². The van der Waals surface area contributed by atoms with E-state index in [4.69, 9.17) is 61.2 Å². The summed E-state index contributed by atoms with van der Waals surface area (Å²) in [5, 5.41) is 0.750. The summed E-state index contributed by atoms with van der Waals surface area (Å²) in [5.74, 6) is 1.28. The predicted molar refractivity (Wildman–Crippen MR) is 268 cm³/mol. The van der Waals surface area contributed by atoms with Gasteiger partial charge in [0.15, 0.2) is 0 Å². The van der Waals surface area contributed by atoms with Gasteiger partial charge in [0, 0.05) is 62.0 Å². The lowest BCUT2D eigenvalue weighted by atomic mass is 10.1. The van der Waals surface area contributed by atoms with E-state index in [1.54, 1.807) is 44.6 Å². The van der Waals surface area contributed by atoms with Crippen LogP contribution in [0.1, 0.15) is 50.1 Å². The van der Waals surface area contributed by atoms with Crippen molar-refractivity contribution in [3.8, 4) is 11.5 Å². The van der Waals surface area contributed by atoms with Crippen LogP contribution >= 0.6 is 11.6 Å². The van der Waals surface area contributed by atoms with Gasteiger partial charge in [0.2, 0.25) is 0 Å². The molecular formula is C53H68ClF2N7O2. The van der Waals surface area contributed by atoms with E-state index in [0.717, 1.165) is 38.8 Å². The third-order valence-corrected chi connectivity index (χ3v) is 9.43. The largest absolute Gasteiger partial charge is 0.497 e. The number of para-hydroxylation sites is 1. The molecule has 0 bridgehead atoms. The minimum Gasteiger partial charge on any atom is -0.497 e. The van der Waals surface area contributed by atoms with Crippen LogP contribution in [0.3, 0.4) is 0 Å². The van der Waals surface area contributed by atoms with E-state index >= 15 is 0 Å². The molecule has 0 heterocycles. The van der Waals surface area contributed by atoms with Gasteiger partial charge in [-0.25, -0.2) is 8.78 Å². The molecule has 0 atom stereocenters. The van der Waals surface area contributed by atoms with Gasteiger partial charge < -0.3 is 49.6 Å². The summed E-state index contributed by atoms with van der Waals surface area (Å²) >= 11 is 5.74. The van der Waals surface area contributed by atoms with E-state index in [1.807, 2.05) is 97.1 Å². The Kier molecular flexibility index (Phi) is 31.0. The lowest BCUT2D eigenvalue weighted by molar-refractivity contribution is 0.410. The zero-order valence-corrected chi connectivity index (χ0v) is 38.9. The summed E-state index contributed by atoms with van der Waals surface area (Å²) < 4.78 is 34.9. The molecule has 7 aromatic rings. The molecule has 0 aromatic heterocycles. The molecule has 14 N–H and O–H groups in total. The second kappa shape index (κ2) is 35.4. The minimum atomic E-state index is -0.224.